The average Bonchev–Trinajstić information content (AvgIpc) is 2.53. The molecule has 1 aliphatic carbocycles. The van der Waals surface area contributed by atoms with Crippen molar-refractivity contribution in [3.8, 4) is 0 Å². The Balaban J connectivity index is 1.62. The topological polar surface area (TPSA) is 66.9 Å². The Morgan fingerprint density at radius 1 is 1.05 bits per heavy atom. The minimum atomic E-state index is -3.13. The van der Waals surface area contributed by atoms with Gasteiger partial charge >= 0.3 is 0 Å². The van der Waals surface area contributed by atoms with E-state index in [9.17, 15) is 13.2 Å². The van der Waals surface area contributed by atoms with Crippen LogP contribution < -0.4 is 0 Å². The molecule has 2 heterocycles. The van der Waals surface area contributed by atoms with E-state index in [2.05, 4.69) is 0 Å². The summed E-state index contributed by atoms with van der Waals surface area (Å²) in [6, 6.07) is 0.239. The molecule has 0 aromatic heterocycles. The molecule has 0 bridgehead atoms. The van der Waals surface area contributed by atoms with Crippen molar-refractivity contribution in [2.24, 2.45) is 5.92 Å². The number of rotatable bonds is 2. The van der Waals surface area contributed by atoms with Crippen molar-refractivity contribution in [3.63, 3.8) is 0 Å². The van der Waals surface area contributed by atoms with Gasteiger partial charge in [-0.2, -0.15) is 0 Å². The quantitative estimate of drug-likeness (QED) is 0.752. The lowest BCUT2D eigenvalue weighted by atomic mass is 9.88. The van der Waals surface area contributed by atoms with Gasteiger partial charge in [0.25, 0.3) is 0 Å². The zero-order valence-electron chi connectivity index (χ0n) is 13.2. The lowest BCUT2D eigenvalue weighted by Gasteiger charge is -2.45. The molecule has 22 heavy (non-hydrogen) atoms. The predicted octanol–water partition coefficient (Wildman–Crippen LogP) is 0.828. The normalized spacial score (nSPS) is 31.8. The number of amides is 1. The number of nitrogens with zero attached hydrogens (tertiary/aromatic N) is 2. The minimum Gasteiger partial charge on any atom is -0.374 e. The first-order chi connectivity index (χ1) is 10.5. The fourth-order valence-electron chi connectivity index (χ4n) is 4.04. The first-order valence-corrected chi connectivity index (χ1v) is 10.2. The second kappa shape index (κ2) is 6.45. The van der Waals surface area contributed by atoms with Gasteiger partial charge < -0.3 is 9.64 Å². The Bertz CT molecular complexity index is 512. The van der Waals surface area contributed by atoms with Gasteiger partial charge in [0.1, 0.15) is 0 Å². The van der Waals surface area contributed by atoms with Crippen LogP contribution in [0.5, 0.6) is 0 Å². The van der Waals surface area contributed by atoms with Crippen LogP contribution in [0.2, 0.25) is 0 Å². The van der Waals surface area contributed by atoms with Gasteiger partial charge in [-0.1, -0.05) is 12.8 Å². The highest BCUT2D eigenvalue weighted by Crippen LogP contribution is 2.31. The van der Waals surface area contributed by atoms with Gasteiger partial charge in [-0.3, -0.25) is 4.79 Å². The Morgan fingerprint density at radius 2 is 1.73 bits per heavy atom. The molecule has 1 amide bonds. The number of ether oxygens (including phenoxy) is 1. The van der Waals surface area contributed by atoms with Crippen molar-refractivity contribution in [1.82, 2.24) is 9.21 Å². The highest BCUT2D eigenvalue weighted by molar-refractivity contribution is 7.88. The third-order valence-electron chi connectivity index (χ3n) is 5.29. The molecule has 3 aliphatic rings. The maximum atomic E-state index is 12.9. The molecule has 7 heteroatoms. The van der Waals surface area contributed by atoms with Crippen LogP contribution in [0.4, 0.5) is 0 Å². The van der Waals surface area contributed by atoms with Crippen LogP contribution in [0, 0.1) is 5.92 Å². The predicted molar refractivity (Wildman–Crippen MR) is 82.8 cm³/mol. The number of hydrogen-bond acceptors (Lipinski definition) is 4. The smallest absolute Gasteiger partial charge is 0.226 e. The third kappa shape index (κ3) is 3.31. The van der Waals surface area contributed by atoms with Crippen LogP contribution in [0.25, 0.3) is 0 Å². The molecule has 0 N–H and O–H groups in total. The molecule has 2 unspecified atom stereocenters. The third-order valence-corrected chi connectivity index (χ3v) is 6.59. The number of piperidine rings is 1. The van der Waals surface area contributed by atoms with E-state index in [0.717, 1.165) is 12.8 Å². The lowest BCUT2D eigenvalue weighted by Crippen LogP contribution is -2.57. The number of fused-ring (bicyclic) bond motifs is 1. The van der Waals surface area contributed by atoms with E-state index in [-0.39, 0.29) is 24.0 Å². The molecule has 0 aromatic carbocycles. The second-order valence-corrected chi connectivity index (χ2v) is 8.71. The fraction of sp³-hybridized carbons (Fsp3) is 0.933. The molecule has 3 fully saturated rings. The molecule has 2 atom stereocenters. The average molecular weight is 330 g/mol. The van der Waals surface area contributed by atoms with Gasteiger partial charge in [-0.25, -0.2) is 12.7 Å². The molecule has 6 nitrogen and oxygen atoms in total. The van der Waals surface area contributed by atoms with Crippen LogP contribution in [0.15, 0.2) is 0 Å². The van der Waals surface area contributed by atoms with Gasteiger partial charge in [0, 0.05) is 25.6 Å². The summed E-state index contributed by atoms with van der Waals surface area (Å²) in [4.78, 5) is 14.9. The Kier molecular flexibility index (Phi) is 4.75. The van der Waals surface area contributed by atoms with Gasteiger partial charge in [0.2, 0.25) is 15.9 Å². The van der Waals surface area contributed by atoms with E-state index in [0.29, 0.717) is 39.1 Å². The minimum absolute atomic E-state index is 0.0290. The van der Waals surface area contributed by atoms with Crippen molar-refractivity contribution in [2.45, 2.75) is 50.7 Å². The number of hydrogen-bond donors (Lipinski definition) is 0. The molecular weight excluding hydrogens is 304 g/mol. The van der Waals surface area contributed by atoms with E-state index < -0.39 is 10.0 Å². The molecule has 2 aliphatic heterocycles. The Hall–Kier alpha value is -0.660. The largest absolute Gasteiger partial charge is 0.374 e. The second-order valence-electron chi connectivity index (χ2n) is 6.73. The summed E-state index contributed by atoms with van der Waals surface area (Å²) in [5.74, 6) is 0.187. The number of sulfonamides is 1. The van der Waals surface area contributed by atoms with Crippen LogP contribution in [0.1, 0.15) is 38.5 Å². The number of carbonyl (C=O) groups is 1. The molecule has 0 aromatic rings. The maximum absolute atomic E-state index is 12.9. The highest BCUT2D eigenvalue weighted by atomic mass is 32.2. The molecule has 126 valence electrons. The van der Waals surface area contributed by atoms with Gasteiger partial charge in [0.05, 0.1) is 25.0 Å². The van der Waals surface area contributed by atoms with Crippen molar-refractivity contribution in [2.75, 3.05) is 32.5 Å². The summed E-state index contributed by atoms with van der Waals surface area (Å²) in [6.45, 7) is 2.25. The van der Waals surface area contributed by atoms with Crippen LogP contribution in [-0.4, -0.2) is 68.2 Å². The summed E-state index contributed by atoms with van der Waals surface area (Å²) >= 11 is 0. The molecule has 1 saturated carbocycles. The van der Waals surface area contributed by atoms with E-state index in [4.69, 9.17) is 4.74 Å². The summed E-state index contributed by atoms with van der Waals surface area (Å²) in [6.07, 6.45) is 7.18. The van der Waals surface area contributed by atoms with E-state index in [1.165, 1.54) is 23.4 Å². The number of carbonyl (C=O) groups excluding carboxylic acids is 1. The van der Waals surface area contributed by atoms with Crippen molar-refractivity contribution in [3.05, 3.63) is 0 Å². The summed E-state index contributed by atoms with van der Waals surface area (Å²) in [5.41, 5.74) is 0. The van der Waals surface area contributed by atoms with Crippen molar-refractivity contribution in [1.29, 1.82) is 0 Å². The van der Waals surface area contributed by atoms with Crippen molar-refractivity contribution >= 4 is 15.9 Å². The Labute approximate surface area is 132 Å². The highest BCUT2D eigenvalue weighted by Gasteiger charge is 2.40. The van der Waals surface area contributed by atoms with Crippen LogP contribution in [0.3, 0.4) is 0 Å². The zero-order chi connectivity index (χ0) is 15.7. The van der Waals surface area contributed by atoms with Crippen molar-refractivity contribution < 1.29 is 17.9 Å². The summed E-state index contributed by atoms with van der Waals surface area (Å²) in [7, 11) is -3.13. The van der Waals surface area contributed by atoms with E-state index >= 15 is 0 Å². The zero-order valence-corrected chi connectivity index (χ0v) is 14.1. The molecule has 2 saturated heterocycles. The van der Waals surface area contributed by atoms with Crippen LogP contribution >= 0.6 is 0 Å². The lowest BCUT2D eigenvalue weighted by molar-refractivity contribution is -0.154. The first kappa shape index (κ1) is 16.2. The number of morpholine rings is 1. The monoisotopic (exact) mass is 330 g/mol. The van der Waals surface area contributed by atoms with Crippen LogP contribution in [-0.2, 0) is 19.6 Å². The summed E-state index contributed by atoms with van der Waals surface area (Å²) in [5, 5.41) is 0. The van der Waals surface area contributed by atoms with E-state index in [1.54, 1.807) is 0 Å². The standard InChI is InChI=1S/C15H26N2O4S/c1-22(19,20)16-8-6-12(7-9-16)15(18)17-10-11-21-14-5-3-2-4-13(14)17/h12-14H,2-11H2,1H3. The summed E-state index contributed by atoms with van der Waals surface area (Å²) < 4.78 is 30.4. The SMILES string of the molecule is CS(=O)(=O)N1CCC(C(=O)N2CCOC3CCCCC32)CC1. The van der Waals surface area contributed by atoms with E-state index in [1.807, 2.05) is 4.90 Å². The fourth-order valence-corrected chi connectivity index (χ4v) is 4.91. The molecule has 0 radical (unpaired) electrons. The Morgan fingerprint density at radius 3 is 2.41 bits per heavy atom. The maximum Gasteiger partial charge on any atom is 0.226 e. The molecule has 0 spiro atoms. The molecule has 3 rings (SSSR count). The van der Waals surface area contributed by atoms with Gasteiger partial charge in [0.15, 0.2) is 0 Å². The molecular formula is C15H26N2O4S. The first-order valence-electron chi connectivity index (χ1n) is 8.34. The van der Waals surface area contributed by atoms with Gasteiger partial charge in [-0.15, -0.1) is 0 Å². The van der Waals surface area contributed by atoms with Gasteiger partial charge in [-0.05, 0) is 25.7 Å².